The molecular formula is C19H27N3O3S. The summed E-state index contributed by atoms with van der Waals surface area (Å²) in [6.07, 6.45) is 11.1. The molecule has 0 aromatic carbocycles. The van der Waals surface area contributed by atoms with Crippen LogP contribution in [0, 0.1) is 29.1 Å². The van der Waals surface area contributed by atoms with Crippen LogP contribution < -0.4 is 10.6 Å². The van der Waals surface area contributed by atoms with Gasteiger partial charge in [-0.15, -0.1) is 0 Å². The molecule has 4 saturated carbocycles. The molecular weight excluding hydrogens is 350 g/mol. The van der Waals surface area contributed by atoms with Crippen molar-refractivity contribution in [1.82, 2.24) is 10.6 Å². The van der Waals surface area contributed by atoms with Crippen molar-refractivity contribution in [2.45, 2.75) is 56.5 Å². The van der Waals surface area contributed by atoms with Gasteiger partial charge in [0.05, 0.1) is 0 Å². The third kappa shape index (κ3) is 4.17. The summed E-state index contributed by atoms with van der Waals surface area (Å²) >= 11 is 1.52. The number of rotatable bonds is 8. The third-order valence-corrected chi connectivity index (χ3v) is 6.78. The van der Waals surface area contributed by atoms with Crippen LogP contribution in [0.25, 0.3) is 0 Å². The highest BCUT2D eigenvalue weighted by atomic mass is 32.2. The van der Waals surface area contributed by atoms with Crippen LogP contribution >= 0.6 is 11.8 Å². The van der Waals surface area contributed by atoms with Gasteiger partial charge in [0, 0.05) is 11.7 Å². The number of carboxylic acid groups (broad SMARTS) is 1. The standard InChI is InChI=1S/C19H27N3O3S/c1-26-3-2-16(18(24)25)22-17(23)15(10-20)11-21-19-7-12-4-13(8-19)6-14(5-12)9-19/h11-14,16,21H,2-9H2,1H3,(H,22,23)(H,24,25)/b15-11-. The molecule has 1 atom stereocenters. The van der Waals surface area contributed by atoms with Gasteiger partial charge in [-0.1, -0.05) is 0 Å². The first-order chi connectivity index (χ1) is 12.4. The first-order valence-electron chi connectivity index (χ1n) is 9.35. The minimum Gasteiger partial charge on any atom is -0.480 e. The molecule has 4 fully saturated rings. The predicted octanol–water partition coefficient (Wildman–Crippen LogP) is 2.27. The van der Waals surface area contributed by atoms with Crippen molar-refractivity contribution in [2.24, 2.45) is 17.8 Å². The van der Waals surface area contributed by atoms with Crippen molar-refractivity contribution < 1.29 is 14.7 Å². The van der Waals surface area contributed by atoms with Gasteiger partial charge in [-0.05, 0) is 74.7 Å². The van der Waals surface area contributed by atoms with E-state index in [-0.39, 0.29) is 11.1 Å². The number of thioether (sulfide) groups is 1. The number of amides is 1. The van der Waals surface area contributed by atoms with Crippen LogP contribution in [-0.2, 0) is 9.59 Å². The van der Waals surface area contributed by atoms with Crippen molar-refractivity contribution in [3.05, 3.63) is 11.8 Å². The molecule has 3 N–H and O–H groups in total. The van der Waals surface area contributed by atoms with Gasteiger partial charge in [0.2, 0.25) is 0 Å². The predicted molar refractivity (Wildman–Crippen MR) is 100 cm³/mol. The average molecular weight is 378 g/mol. The van der Waals surface area contributed by atoms with Crippen molar-refractivity contribution >= 4 is 23.6 Å². The molecule has 6 nitrogen and oxygen atoms in total. The number of nitriles is 1. The maximum absolute atomic E-state index is 12.4. The highest BCUT2D eigenvalue weighted by molar-refractivity contribution is 7.98. The Kier molecular flexibility index (Phi) is 5.81. The molecule has 4 aliphatic carbocycles. The largest absolute Gasteiger partial charge is 0.480 e. The molecule has 7 heteroatoms. The van der Waals surface area contributed by atoms with Gasteiger partial charge in [-0.3, -0.25) is 4.79 Å². The summed E-state index contributed by atoms with van der Waals surface area (Å²) in [5.74, 6) is 1.25. The lowest BCUT2D eigenvalue weighted by atomic mass is 9.53. The zero-order valence-corrected chi connectivity index (χ0v) is 16.0. The Morgan fingerprint density at radius 3 is 2.31 bits per heavy atom. The number of carboxylic acids is 1. The topological polar surface area (TPSA) is 102 Å². The fourth-order valence-corrected chi connectivity index (χ4v) is 5.86. The quantitative estimate of drug-likeness (QED) is 0.443. The van der Waals surface area contributed by atoms with Crippen molar-refractivity contribution in [2.75, 3.05) is 12.0 Å². The van der Waals surface area contributed by atoms with E-state index < -0.39 is 17.9 Å². The Morgan fingerprint density at radius 1 is 1.27 bits per heavy atom. The molecule has 0 radical (unpaired) electrons. The number of nitrogens with one attached hydrogen (secondary N) is 2. The van der Waals surface area contributed by atoms with Crippen molar-refractivity contribution in [3.63, 3.8) is 0 Å². The van der Waals surface area contributed by atoms with Gasteiger partial charge < -0.3 is 15.7 Å². The molecule has 4 aliphatic rings. The SMILES string of the molecule is CSCCC(NC(=O)/C(C#N)=C\NC12CC3CC(CC(C3)C1)C2)C(=O)O. The van der Waals surface area contributed by atoms with Gasteiger partial charge >= 0.3 is 5.97 Å². The number of hydrogen-bond acceptors (Lipinski definition) is 5. The third-order valence-electron chi connectivity index (χ3n) is 6.14. The van der Waals surface area contributed by atoms with E-state index in [2.05, 4.69) is 10.6 Å². The summed E-state index contributed by atoms with van der Waals surface area (Å²) in [6, 6.07) is 0.957. The maximum atomic E-state index is 12.4. The van der Waals surface area contributed by atoms with Crippen LogP contribution in [0.1, 0.15) is 44.9 Å². The van der Waals surface area contributed by atoms with Crippen LogP contribution in [0.15, 0.2) is 11.8 Å². The minimum atomic E-state index is -1.07. The lowest BCUT2D eigenvalue weighted by Crippen LogP contribution is -2.57. The molecule has 0 aliphatic heterocycles. The molecule has 142 valence electrons. The van der Waals surface area contributed by atoms with Crippen LogP contribution in [-0.4, -0.2) is 40.6 Å². The van der Waals surface area contributed by atoms with E-state index in [9.17, 15) is 20.0 Å². The van der Waals surface area contributed by atoms with E-state index in [1.807, 2.05) is 12.3 Å². The Morgan fingerprint density at radius 2 is 1.85 bits per heavy atom. The Hall–Kier alpha value is -1.68. The normalized spacial score (nSPS) is 33.4. The lowest BCUT2D eigenvalue weighted by Gasteiger charge is -2.56. The summed E-state index contributed by atoms with van der Waals surface area (Å²) in [4.78, 5) is 23.7. The molecule has 0 saturated heterocycles. The fourth-order valence-electron chi connectivity index (χ4n) is 5.39. The average Bonchev–Trinajstić information content (AvgIpc) is 2.57. The van der Waals surface area contributed by atoms with Gasteiger partial charge in [0.25, 0.3) is 5.91 Å². The number of carbonyl (C=O) groups excluding carboxylic acids is 1. The van der Waals surface area contributed by atoms with E-state index in [0.717, 1.165) is 37.0 Å². The first-order valence-corrected chi connectivity index (χ1v) is 10.7. The van der Waals surface area contributed by atoms with E-state index >= 15 is 0 Å². The van der Waals surface area contributed by atoms with Gasteiger partial charge in [0.1, 0.15) is 17.7 Å². The monoisotopic (exact) mass is 377 g/mol. The van der Waals surface area contributed by atoms with Crippen LogP contribution in [0.5, 0.6) is 0 Å². The number of nitrogens with zero attached hydrogens (tertiary/aromatic N) is 1. The van der Waals surface area contributed by atoms with E-state index in [4.69, 9.17) is 0 Å². The molecule has 0 aromatic heterocycles. The van der Waals surface area contributed by atoms with Gasteiger partial charge in [-0.2, -0.15) is 17.0 Å². The summed E-state index contributed by atoms with van der Waals surface area (Å²) < 4.78 is 0. The Bertz CT molecular complexity index is 605. The number of aliphatic carboxylic acids is 1. The van der Waals surface area contributed by atoms with Crippen LogP contribution in [0.3, 0.4) is 0 Å². The number of carbonyl (C=O) groups is 2. The summed E-state index contributed by atoms with van der Waals surface area (Å²) in [6.45, 7) is 0. The van der Waals surface area contributed by atoms with Crippen molar-refractivity contribution in [1.29, 1.82) is 5.26 Å². The number of hydrogen-bond donors (Lipinski definition) is 3. The Balaban J connectivity index is 1.63. The second-order valence-corrected chi connectivity index (χ2v) is 9.14. The van der Waals surface area contributed by atoms with Crippen molar-refractivity contribution in [3.8, 4) is 6.07 Å². The molecule has 0 spiro atoms. The maximum Gasteiger partial charge on any atom is 0.326 e. The van der Waals surface area contributed by atoms with Gasteiger partial charge in [-0.25, -0.2) is 4.79 Å². The summed E-state index contributed by atoms with van der Waals surface area (Å²) in [7, 11) is 0. The molecule has 1 amide bonds. The van der Waals surface area contributed by atoms with E-state index in [1.54, 1.807) is 0 Å². The second kappa shape index (κ2) is 7.91. The highest BCUT2D eigenvalue weighted by Gasteiger charge is 2.50. The molecule has 0 aromatic rings. The second-order valence-electron chi connectivity index (χ2n) is 8.16. The van der Waals surface area contributed by atoms with Gasteiger partial charge in [0.15, 0.2) is 0 Å². The first kappa shape index (κ1) is 19.1. The molecule has 4 rings (SSSR count). The summed E-state index contributed by atoms with van der Waals surface area (Å²) in [5.41, 5.74) is -0.0292. The molecule has 26 heavy (non-hydrogen) atoms. The zero-order chi connectivity index (χ0) is 18.7. The van der Waals surface area contributed by atoms with Crippen LogP contribution in [0.2, 0.25) is 0 Å². The molecule has 4 bridgehead atoms. The fraction of sp³-hybridized carbons (Fsp3) is 0.737. The molecule has 0 heterocycles. The van der Waals surface area contributed by atoms with E-state index in [1.165, 1.54) is 37.2 Å². The minimum absolute atomic E-state index is 0.0161. The highest BCUT2D eigenvalue weighted by Crippen LogP contribution is 2.55. The smallest absolute Gasteiger partial charge is 0.326 e. The molecule has 1 unspecified atom stereocenters. The summed E-state index contributed by atoms with van der Waals surface area (Å²) in [5, 5.41) is 24.5. The lowest BCUT2D eigenvalue weighted by molar-refractivity contribution is -0.141. The zero-order valence-electron chi connectivity index (χ0n) is 15.2. The van der Waals surface area contributed by atoms with Crippen LogP contribution in [0.4, 0.5) is 0 Å². The Labute approximate surface area is 158 Å². The van der Waals surface area contributed by atoms with E-state index in [0.29, 0.717) is 12.2 Å².